The second-order valence-electron chi connectivity index (χ2n) is 2.37. The molecule has 1 aromatic heterocycles. The Morgan fingerprint density at radius 3 is 3.07 bits per heavy atom. The summed E-state index contributed by atoms with van der Waals surface area (Å²) >= 11 is 5.66. The van der Waals surface area contributed by atoms with Crippen molar-refractivity contribution in [3.05, 3.63) is 22.8 Å². The largest absolute Gasteiger partial charge is 0.449 e. The third-order valence-corrected chi connectivity index (χ3v) is 1.69. The zero-order valence-electron chi connectivity index (χ0n) is 7.16. The molecule has 4 nitrogen and oxygen atoms in total. The number of nitrogens with zero attached hydrogens (tertiary/aromatic N) is 1. The number of rotatable bonds is 2. The van der Waals surface area contributed by atoms with Crippen LogP contribution in [0.25, 0.3) is 0 Å². The van der Waals surface area contributed by atoms with Gasteiger partial charge in [0, 0.05) is 6.20 Å². The van der Waals surface area contributed by atoms with E-state index in [-0.39, 0.29) is 23.0 Å². The zero-order chi connectivity index (χ0) is 10.6. The van der Waals surface area contributed by atoms with Crippen LogP contribution in [0.2, 0.25) is 5.02 Å². The molecular formula is C9H7ClN2O2. The summed E-state index contributed by atoms with van der Waals surface area (Å²) in [5, 5.41) is 0.208. The number of terminal acetylenes is 1. The van der Waals surface area contributed by atoms with E-state index in [1.54, 1.807) is 0 Å². The molecule has 0 unspecified atom stereocenters. The highest BCUT2D eigenvalue weighted by Gasteiger charge is 2.08. The van der Waals surface area contributed by atoms with Gasteiger partial charge in [-0.3, -0.25) is 0 Å². The fourth-order valence-electron chi connectivity index (χ4n) is 0.751. The van der Waals surface area contributed by atoms with Crippen LogP contribution in [-0.4, -0.2) is 17.6 Å². The van der Waals surface area contributed by atoms with Crippen molar-refractivity contribution >= 4 is 23.4 Å². The minimum atomic E-state index is -0.572. The number of anilines is 1. The molecule has 0 fully saturated rings. The van der Waals surface area contributed by atoms with Gasteiger partial charge in [-0.2, -0.15) is 0 Å². The van der Waals surface area contributed by atoms with Crippen molar-refractivity contribution < 1.29 is 9.53 Å². The van der Waals surface area contributed by atoms with Crippen LogP contribution in [0.1, 0.15) is 10.4 Å². The van der Waals surface area contributed by atoms with Gasteiger partial charge in [0.2, 0.25) is 0 Å². The van der Waals surface area contributed by atoms with Crippen LogP contribution in [0.5, 0.6) is 0 Å². The molecule has 1 aromatic rings. The Labute approximate surface area is 86.0 Å². The molecule has 0 amide bonds. The van der Waals surface area contributed by atoms with Crippen molar-refractivity contribution in [3.8, 4) is 12.3 Å². The van der Waals surface area contributed by atoms with Crippen molar-refractivity contribution in [2.75, 3.05) is 12.3 Å². The number of esters is 1. The molecule has 14 heavy (non-hydrogen) atoms. The summed E-state index contributed by atoms with van der Waals surface area (Å²) in [6.45, 7) is -0.0825. The van der Waals surface area contributed by atoms with Crippen LogP contribution in [0.3, 0.4) is 0 Å². The molecule has 0 bridgehead atoms. The molecule has 72 valence electrons. The lowest BCUT2D eigenvalue weighted by Gasteiger charge is -2.01. The van der Waals surface area contributed by atoms with Crippen molar-refractivity contribution in [2.24, 2.45) is 0 Å². The maximum absolute atomic E-state index is 11.2. The van der Waals surface area contributed by atoms with Gasteiger partial charge in [-0.05, 0) is 6.07 Å². The first-order valence-electron chi connectivity index (χ1n) is 3.66. The molecule has 0 aromatic carbocycles. The Balaban J connectivity index is 2.82. The fourth-order valence-corrected chi connectivity index (χ4v) is 0.917. The normalized spacial score (nSPS) is 9.14. The first-order valence-corrected chi connectivity index (χ1v) is 4.04. The van der Waals surface area contributed by atoms with E-state index in [0.29, 0.717) is 0 Å². The fraction of sp³-hybridized carbons (Fsp3) is 0.111. The van der Waals surface area contributed by atoms with Gasteiger partial charge in [-0.15, -0.1) is 6.42 Å². The van der Waals surface area contributed by atoms with Gasteiger partial charge in [0.25, 0.3) is 0 Å². The monoisotopic (exact) mass is 210 g/mol. The molecule has 0 atom stereocenters. The summed E-state index contributed by atoms with van der Waals surface area (Å²) in [5.74, 6) is 1.77. The zero-order valence-corrected chi connectivity index (χ0v) is 7.91. The van der Waals surface area contributed by atoms with E-state index < -0.39 is 5.97 Å². The van der Waals surface area contributed by atoms with Crippen LogP contribution >= 0.6 is 11.6 Å². The number of nitrogen functional groups attached to an aromatic ring is 1. The Kier molecular flexibility index (Phi) is 3.32. The molecule has 0 saturated carbocycles. The first kappa shape index (κ1) is 10.4. The topological polar surface area (TPSA) is 65.2 Å². The molecule has 5 heteroatoms. The van der Waals surface area contributed by atoms with Crippen molar-refractivity contribution in [1.82, 2.24) is 4.98 Å². The molecule has 0 saturated heterocycles. The van der Waals surface area contributed by atoms with Crippen molar-refractivity contribution in [3.63, 3.8) is 0 Å². The maximum atomic E-state index is 11.2. The summed E-state index contributed by atoms with van der Waals surface area (Å²) in [6, 6.07) is 1.38. The van der Waals surface area contributed by atoms with Crippen LogP contribution in [0.4, 0.5) is 5.82 Å². The van der Waals surface area contributed by atoms with E-state index in [0.717, 1.165) is 0 Å². The molecule has 0 aliphatic heterocycles. The molecule has 1 heterocycles. The van der Waals surface area contributed by atoms with E-state index in [1.165, 1.54) is 12.3 Å². The minimum Gasteiger partial charge on any atom is -0.449 e. The third kappa shape index (κ3) is 2.38. The number of aromatic nitrogens is 1. The number of hydrogen-bond donors (Lipinski definition) is 1. The number of ether oxygens (including phenoxy) is 1. The van der Waals surface area contributed by atoms with Crippen molar-refractivity contribution in [1.29, 1.82) is 0 Å². The molecule has 2 N–H and O–H groups in total. The van der Waals surface area contributed by atoms with Crippen LogP contribution in [0, 0.1) is 12.3 Å². The second kappa shape index (κ2) is 4.49. The number of nitrogens with two attached hydrogens (primary N) is 1. The molecular weight excluding hydrogens is 204 g/mol. The van der Waals surface area contributed by atoms with E-state index in [2.05, 4.69) is 15.6 Å². The number of carbonyl (C=O) groups excluding carboxylic acids is 1. The average Bonchev–Trinajstić information content (AvgIpc) is 2.18. The van der Waals surface area contributed by atoms with Gasteiger partial charge < -0.3 is 10.5 Å². The Morgan fingerprint density at radius 1 is 1.79 bits per heavy atom. The number of carbonyl (C=O) groups is 1. The molecule has 1 rings (SSSR count). The Hall–Kier alpha value is -1.73. The highest BCUT2D eigenvalue weighted by molar-refractivity contribution is 6.33. The van der Waals surface area contributed by atoms with Crippen LogP contribution in [0.15, 0.2) is 12.3 Å². The quantitative estimate of drug-likeness (QED) is 0.587. The number of halogens is 1. The highest BCUT2D eigenvalue weighted by atomic mass is 35.5. The standard InChI is InChI=1S/C9H7ClN2O2/c1-2-3-14-9(13)6-4-7(10)8(11)12-5-6/h1,4-5H,3H2,(H2,11,12). The first-order chi connectivity index (χ1) is 6.65. The predicted molar refractivity (Wildman–Crippen MR) is 52.8 cm³/mol. The summed E-state index contributed by atoms with van der Waals surface area (Å²) < 4.78 is 4.66. The predicted octanol–water partition coefficient (Wildman–Crippen LogP) is 1.11. The maximum Gasteiger partial charge on any atom is 0.340 e. The molecule has 0 aliphatic rings. The molecule has 0 aliphatic carbocycles. The summed E-state index contributed by atoms with van der Waals surface area (Å²) in [5.41, 5.74) is 5.58. The molecule has 0 spiro atoms. The average molecular weight is 211 g/mol. The van der Waals surface area contributed by atoms with Crippen LogP contribution < -0.4 is 5.73 Å². The summed E-state index contributed by atoms with van der Waals surface area (Å²) in [6.07, 6.45) is 6.20. The SMILES string of the molecule is C#CCOC(=O)c1cnc(N)c(Cl)c1. The summed E-state index contributed by atoms with van der Waals surface area (Å²) in [7, 11) is 0. The lowest BCUT2D eigenvalue weighted by Crippen LogP contribution is -2.06. The Morgan fingerprint density at radius 2 is 2.50 bits per heavy atom. The smallest absolute Gasteiger partial charge is 0.340 e. The van der Waals surface area contributed by atoms with Gasteiger partial charge in [-0.25, -0.2) is 9.78 Å². The van der Waals surface area contributed by atoms with Gasteiger partial charge in [0.15, 0.2) is 6.61 Å². The minimum absolute atomic E-state index is 0.0825. The lowest BCUT2D eigenvalue weighted by atomic mass is 10.3. The second-order valence-corrected chi connectivity index (χ2v) is 2.78. The lowest BCUT2D eigenvalue weighted by molar-refractivity contribution is 0.0556. The van der Waals surface area contributed by atoms with Gasteiger partial charge in [0.1, 0.15) is 5.82 Å². The van der Waals surface area contributed by atoms with Crippen LogP contribution in [-0.2, 0) is 4.74 Å². The number of pyridine rings is 1. The van der Waals surface area contributed by atoms with Gasteiger partial charge in [-0.1, -0.05) is 17.5 Å². The van der Waals surface area contributed by atoms with Crippen molar-refractivity contribution in [2.45, 2.75) is 0 Å². The van der Waals surface area contributed by atoms with E-state index in [1.807, 2.05) is 0 Å². The van der Waals surface area contributed by atoms with E-state index in [4.69, 9.17) is 23.8 Å². The highest BCUT2D eigenvalue weighted by Crippen LogP contribution is 2.16. The number of hydrogen-bond acceptors (Lipinski definition) is 4. The van der Waals surface area contributed by atoms with E-state index >= 15 is 0 Å². The third-order valence-electron chi connectivity index (χ3n) is 1.39. The van der Waals surface area contributed by atoms with E-state index in [9.17, 15) is 4.79 Å². The van der Waals surface area contributed by atoms with Gasteiger partial charge in [0.05, 0.1) is 10.6 Å². The van der Waals surface area contributed by atoms with Gasteiger partial charge >= 0.3 is 5.97 Å². The summed E-state index contributed by atoms with van der Waals surface area (Å²) in [4.78, 5) is 14.9. The molecule has 0 radical (unpaired) electrons. The Bertz CT molecular complexity index is 398.